The Hall–Kier alpha value is -2.58. The lowest BCUT2D eigenvalue weighted by Crippen LogP contribution is -2.39. The van der Waals surface area contributed by atoms with Crippen molar-refractivity contribution >= 4 is 10.9 Å². The summed E-state index contributed by atoms with van der Waals surface area (Å²) in [6.07, 6.45) is 0.875. The average molecular weight is 427 g/mol. The number of hydrogen-bond acceptors (Lipinski definition) is 6. The van der Waals surface area contributed by atoms with Gasteiger partial charge in [0.1, 0.15) is 0 Å². The van der Waals surface area contributed by atoms with Crippen molar-refractivity contribution in [1.29, 1.82) is 0 Å². The third kappa shape index (κ3) is 4.85. The molecule has 2 aromatic heterocycles. The Kier molecular flexibility index (Phi) is 6.91. The molecule has 168 valence electrons. The molecule has 0 fully saturated rings. The van der Waals surface area contributed by atoms with Crippen molar-refractivity contribution in [3.05, 3.63) is 51.6 Å². The SMILES string of the molecule is CCC(C)(C)n1nnnc1C(C(C)C)N(CCO)Cc1cc2cc(C)ccc2[nH]c1=O. The Labute approximate surface area is 183 Å². The normalized spacial score (nSPS) is 13.5. The van der Waals surface area contributed by atoms with Gasteiger partial charge in [0.2, 0.25) is 0 Å². The fourth-order valence-electron chi connectivity index (χ4n) is 3.99. The molecule has 0 saturated carbocycles. The lowest BCUT2D eigenvalue weighted by molar-refractivity contribution is 0.0999. The summed E-state index contributed by atoms with van der Waals surface area (Å²) in [4.78, 5) is 17.9. The van der Waals surface area contributed by atoms with E-state index in [1.807, 2.05) is 29.8 Å². The molecule has 2 heterocycles. The van der Waals surface area contributed by atoms with Crippen molar-refractivity contribution in [2.75, 3.05) is 13.2 Å². The van der Waals surface area contributed by atoms with E-state index in [1.54, 1.807) is 0 Å². The molecule has 0 spiro atoms. The number of aromatic amines is 1. The Morgan fingerprint density at radius 1 is 1.26 bits per heavy atom. The van der Waals surface area contributed by atoms with E-state index in [4.69, 9.17) is 0 Å². The van der Waals surface area contributed by atoms with E-state index in [1.165, 1.54) is 0 Å². The molecule has 2 N–H and O–H groups in total. The maximum absolute atomic E-state index is 12.8. The summed E-state index contributed by atoms with van der Waals surface area (Å²) in [5, 5.41) is 23.4. The predicted octanol–water partition coefficient (Wildman–Crippen LogP) is 3.16. The molecule has 0 bridgehead atoms. The summed E-state index contributed by atoms with van der Waals surface area (Å²) in [5.74, 6) is 0.925. The second kappa shape index (κ2) is 9.28. The Bertz CT molecular complexity index is 1090. The van der Waals surface area contributed by atoms with Gasteiger partial charge in [-0.25, -0.2) is 4.68 Å². The first-order chi connectivity index (χ1) is 14.7. The van der Waals surface area contributed by atoms with Crippen LogP contribution in [0.2, 0.25) is 0 Å². The largest absolute Gasteiger partial charge is 0.395 e. The van der Waals surface area contributed by atoms with Crippen LogP contribution < -0.4 is 5.56 Å². The lowest BCUT2D eigenvalue weighted by atomic mass is 9.97. The van der Waals surface area contributed by atoms with Gasteiger partial charge in [0.15, 0.2) is 5.82 Å². The predicted molar refractivity (Wildman–Crippen MR) is 122 cm³/mol. The highest BCUT2D eigenvalue weighted by Crippen LogP contribution is 2.31. The van der Waals surface area contributed by atoms with Crippen LogP contribution in [0.15, 0.2) is 29.1 Å². The van der Waals surface area contributed by atoms with Crippen LogP contribution >= 0.6 is 0 Å². The minimum absolute atomic E-state index is 0.0213. The monoisotopic (exact) mass is 426 g/mol. The van der Waals surface area contributed by atoms with Gasteiger partial charge in [-0.3, -0.25) is 9.69 Å². The van der Waals surface area contributed by atoms with Crippen LogP contribution in [0.1, 0.15) is 64.0 Å². The van der Waals surface area contributed by atoms with Crippen molar-refractivity contribution < 1.29 is 5.11 Å². The van der Waals surface area contributed by atoms with Crippen LogP contribution in [-0.2, 0) is 12.1 Å². The number of aliphatic hydroxyl groups excluding tert-OH is 1. The molecule has 1 atom stereocenters. The zero-order valence-electron chi connectivity index (χ0n) is 19.4. The van der Waals surface area contributed by atoms with Gasteiger partial charge >= 0.3 is 0 Å². The van der Waals surface area contributed by atoms with E-state index in [0.717, 1.165) is 28.7 Å². The smallest absolute Gasteiger partial charge is 0.252 e. The number of fused-ring (bicyclic) bond motifs is 1. The summed E-state index contributed by atoms with van der Waals surface area (Å²) in [5.41, 5.74) is 2.26. The summed E-state index contributed by atoms with van der Waals surface area (Å²) in [6.45, 7) is 13.4. The number of tetrazole rings is 1. The molecule has 0 aliphatic rings. The van der Waals surface area contributed by atoms with Crippen LogP contribution in [-0.4, -0.2) is 48.3 Å². The van der Waals surface area contributed by atoms with E-state index in [-0.39, 0.29) is 29.7 Å². The molecule has 0 saturated heterocycles. The number of aliphatic hydroxyl groups is 1. The van der Waals surface area contributed by atoms with E-state index in [0.29, 0.717) is 18.7 Å². The fraction of sp³-hybridized carbons (Fsp3) is 0.565. The highest BCUT2D eigenvalue weighted by molar-refractivity contribution is 5.79. The number of pyridine rings is 1. The van der Waals surface area contributed by atoms with E-state index in [2.05, 4.69) is 66.1 Å². The quantitative estimate of drug-likeness (QED) is 0.545. The van der Waals surface area contributed by atoms with Crippen molar-refractivity contribution in [1.82, 2.24) is 30.1 Å². The first kappa shape index (κ1) is 23.1. The number of nitrogens with zero attached hydrogens (tertiary/aromatic N) is 5. The molecular weight excluding hydrogens is 392 g/mol. The van der Waals surface area contributed by atoms with Crippen LogP contribution in [0.5, 0.6) is 0 Å². The highest BCUT2D eigenvalue weighted by Gasteiger charge is 2.33. The molecule has 8 heteroatoms. The molecule has 1 unspecified atom stereocenters. The summed E-state index contributed by atoms with van der Waals surface area (Å²) < 4.78 is 1.88. The van der Waals surface area contributed by atoms with Crippen molar-refractivity contribution in [2.24, 2.45) is 5.92 Å². The number of H-pyrrole nitrogens is 1. The van der Waals surface area contributed by atoms with Gasteiger partial charge in [-0.2, -0.15) is 0 Å². The first-order valence-corrected chi connectivity index (χ1v) is 10.9. The molecule has 0 aliphatic carbocycles. The van der Waals surface area contributed by atoms with E-state index in [9.17, 15) is 9.90 Å². The third-order valence-corrected chi connectivity index (χ3v) is 6.06. The molecule has 0 radical (unpaired) electrons. The van der Waals surface area contributed by atoms with Gasteiger partial charge in [-0.15, -0.1) is 5.10 Å². The molecule has 31 heavy (non-hydrogen) atoms. The molecule has 0 amide bonds. The Morgan fingerprint density at radius 2 is 2.00 bits per heavy atom. The number of benzene rings is 1. The molecule has 3 aromatic rings. The minimum Gasteiger partial charge on any atom is -0.395 e. The zero-order chi connectivity index (χ0) is 22.8. The maximum Gasteiger partial charge on any atom is 0.252 e. The Morgan fingerprint density at radius 3 is 2.65 bits per heavy atom. The van der Waals surface area contributed by atoms with Crippen molar-refractivity contribution in [3.8, 4) is 0 Å². The number of aryl methyl sites for hydroxylation is 1. The number of nitrogens with one attached hydrogen (secondary N) is 1. The van der Waals surface area contributed by atoms with Crippen LogP contribution in [0.25, 0.3) is 10.9 Å². The average Bonchev–Trinajstić information content (AvgIpc) is 3.19. The number of aromatic nitrogens is 5. The van der Waals surface area contributed by atoms with Gasteiger partial charge in [-0.1, -0.05) is 32.4 Å². The second-order valence-corrected chi connectivity index (χ2v) is 9.21. The summed E-state index contributed by atoms with van der Waals surface area (Å²) in [7, 11) is 0. The molecule has 8 nitrogen and oxygen atoms in total. The number of hydrogen-bond donors (Lipinski definition) is 2. The van der Waals surface area contributed by atoms with Crippen molar-refractivity contribution in [3.63, 3.8) is 0 Å². The fourth-order valence-corrected chi connectivity index (χ4v) is 3.99. The molecular formula is C23H34N6O2. The van der Waals surface area contributed by atoms with Gasteiger partial charge in [0.25, 0.3) is 5.56 Å². The van der Waals surface area contributed by atoms with Crippen LogP contribution in [0.4, 0.5) is 0 Å². The second-order valence-electron chi connectivity index (χ2n) is 9.21. The minimum atomic E-state index is -0.241. The van der Waals surface area contributed by atoms with Crippen LogP contribution in [0.3, 0.4) is 0 Å². The number of rotatable bonds is 9. The lowest BCUT2D eigenvalue weighted by Gasteiger charge is -2.35. The molecule has 1 aromatic carbocycles. The highest BCUT2D eigenvalue weighted by atomic mass is 16.3. The topological polar surface area (TPSA) is 99.9 Å². The zero-order valence-corrected chi connectivity index (χ0v) is 19.4. The molecule has 3 rings (SSSR count). The van der Waals surface area contributed by atoms with Gasteiger partial charge in [0, 0.05) is 24.2 Å². The summed E-state index contributed by atoms with van der Waals surface area (Å²) >= 11 is 0. The first-order valence-electron chi connectivity index (χ1n) is 10.9. The standard InChI is InChI=1S/C23H34N6O2/c1-7-23(5,6)29-21(25-26-27-29)20(15(2)3)28(10-11-30)14-18-13-17-12-16(4)8-9-19(17)24-22(18)31/h8-9,12-13,15,20,30H,7,10-11,14H2,1-6H3,(H,24,31). The maximum atomic E-state index is 12.8. The van der Waals surface area contributed by atoms with Crippen LogP contribution in [0, 0.1) is 12.8 Å². The van der Waals surface area contributed by atoms with E-state index >= 15 is 0 Å². The summed E-state index contributed by atoms with van der Waals surface area (Å²) in [6, 6.07) is 7.77. The van der Waals surface area contributed by atoms with Crippen molar-refractivity contribution in [2.45, 2.75) is 66.1 Å². The van der Waals surface area contributed by atoms with E-state index < -0.39 is 0 Å². The third-order valence-electron chi connectivity index (χ3n) is 6.06. The van der Waals surface area contributed by atoms with Gasteiger partial charge < -0.3 is 10.1 Å². The molecule has 0 aliphatic heterocycles. The van der Waals surface area contributed by atoms with Gasteiger partial charge in [0.05, 0.1) is 18.2 Å². The Balaban J connectivity index is 2.04. The van der Waals surface area contributed by atoms with Gasteiger partial charge in [-0.05, 0) is 67.1 Å².